The molecule has 0 aliphatic carbocycles. The molecule has 108 valence electrons. The first-order chi connectivity index (χ1) is 9.44. The van der Waals surface area contributed by atoms with E-state index in [1.165, 1.54) is 16.4 Å². The zero-order valence-electron chi connectivity index (χ0n) is 11.1. The molecule has 2 rings (SSSR count). The van der Waals surface area contributed by atoms with Crippen LogP contribution in [0.5, 0.6) is 0 Å². The third-order valence-corrected chi connectivity index (χ3v) is 5.04. The Morgan fingerprint density at radius 2 is 2.20 bits per heavy atom. The first-order valence-electron chi connectivity index (χ1n) is 6.43. The predicted octanol–water partition coefficient (Wildman–Crippen LogP) is 2.23. The van der Waals surface area contributed by atoms with E-state index in [-0.39, 0.29) is 17.3 Å². The second-order valence-corrected chi connectivity index (χ2v) is 6.49. The lowest BCUT2D eigenvalue weighted by Gasteiger charge is -2.32. The van der Waals surface area contributed by atoms with E-state index >= 15 is 0 Å². The van der Waals surface area contributed by atoms with Gasteiger partial charge >= 0.3 is 10.2 Å². The zero-order chi connectivity index (χ0) is 14.8. The molecular weight excluding hydrogens is 281 g/mol. The summed E-state index contributed by atoms with van der Waals surface area (Å²) in [4.78, 5) is 0. The van der Waals surface area contributed by atoms with Crippen LogP contribution in [-0.4, -0.2) is 25.3 Å². The van der Waals surface area contributed by atoms with Crippen molar-refractivity contribution in [1.82, 2.24) is 4.31 Å². The van der Waals surface area contributed by atoms with Crippen LogP contribution in [0.1, 0.15) is 31.7 Å². The zero-order valence-corrected chi connectivity index (χ0v) is 12.0. The number of nitriles is 1. The maximum Gasteiger partial charge on any atom is 0.301 e. The summed E-state index contributed by atoms with van der Waals surface area (Å²) in [6, 6.07) is 5.21. The van der Waals surface area contributed by atoms with Gasteiger partial charge in [-0.25, -0.2) is 4.39 Å². The van der Waals surface area contributed by atoms with Crippen molar-refractivity contribution in [1.29, 1.82) is 5.26 Å². The standard InChI is InChI=1S/C13H16FN3O2S/c1-10-4-2-3-7-17(10)20(18,19)16-12-5-6-13(14)11(8-12)9-15/h5-6,8,10,16H,2-4,7H2,1H3. The molecule has 0 amide bonds. The average molecular weight is 297 g/mol. The fourth-order valence-corrected chi connectivity index (χ4v) is 3.80. The molecule has 1 fully saturated rings. The molecule has 1 atom stereocenters. The molecule has 0 saturated carbocycles. The fraction of sp³-hybridized carbons (Fsp3) is 0.462. The van der Waals surface area contributed by atoms with Crippen LogP contribution >= 0.6 is 0 Å². The summed E-state index contributed by atoms with van der Waals surface area (Å²) >= 11 is 0. The third-order valence-electron chi connectivity index (χ3n) is 3.38. The Morgan fingerprint density at radius 3 is 2.85 bits per heavy atom. The molecule has 5 nitrogen and oxygen atoms in total. The minimum Gasteiger partial charge on any atom is -0.271 e. The van der Waals surface area contributed by atoms with Gasteiger partial charge in [-0.1, -0.05) is 6.42 Å². The van der Waals surface area contributed by atoms with Gasteiger partial charge in [0.25, 0.3) is 0 Å². The lowest BCUT2D eigenvalue weighted by atomic mass is 10.1. The van der Waals surface area contributed by atoms with E-state index in [1.807, 2.05) is 6.92 Å². The molecule has 1 aliphatic heterocycles. The molecule has 7 heteroatoms. The van der Waals surface area contributed by atoms with Crippen molar-refractivity contribution in [2.75, 3.05) is 11.3 Å². The molecule has 1 aliphatic rings. The summed E-state index contributed by atoms with van der Waals surface area (Å²) in [5.74, 6) is -0.665. The Morgan fingerprint density at radius 1 is 1.45 bits per heavy atom. The van der Waals surface area contributed by atoms with Crippen molar-refractivity contribution < 1.29 is 12.8 Å². The maximum absolute atomic E-state index is 13.2. The number of halogens is 1. The molecule has 1 unspecified atom stereocenters. The van der Waals surface area contributed by atoms with Crippen LogP contribution < -0.4 is 4.72 Å². The number of anilines is 1. The number of benzene rings is 1. The summed E-state index contributed by atoms with van der Waals surface area (Å²) in [5, 5.41) is 8.75. The summed E-state index contributed by atoms with van der Waals surface area (Å²) in [6.45, 7) is 2.34. The van der Waals surface area contributed by atoms with E-state index in [0.29, 0.717) is 6.54 Å². The molecule has 1 aromatic rings. The highest BCUT2D eigenvalue weighted by Crippen LogP contribution is 2.22. The van der Waals surface area contributed by atoms with Crippen LogP contribution in [0, 0.1) is 17.1 Å². The van der Waals surface area contributed by atoms with Gasteiger partial charge in [-0.15, -0.1) is 0 Å². The van der Waals surface area contributed by atoms with Gasteiger partial charge in [-0.3, -0.25) is 4.72 Å². The van der Waals surface area contributed by atoms with E-state index in [0.717, 1.165) is 25.3 Å². The topological polar surface area (TPSA) is 73.2 Å². The van der Waals surface area contributed by atoms with E-state index in [1.54, 1.807) is 6.07 Å². The van der Waals surface area contributed by atoms with E-state index in [9.17, 15) is 12.8 Å². The van der Waals surface area contributed by atoms with Crippen molar-refractivity contribution in [3.05, 3.63) is 29.6 Å². The quantitative estimate of drug-likeness (QED) is 0.929. The van der Waals surface area contributed by atoms with Gasteiger partial charge in [0.15, 0.2) is 0 Å². The summed E-state index contributed by atoms with van der Waals surface area (Å²) in [5.41, 5.74) is 0.0117. The maximum atomic E-state index is 13.2. The number of rotatable bonds is 3. The van der Waals surface area contributed by atoms with E-state index < -0.39 is 16.0 Å². The van der Waals surface area contributed by atoms with Gasteiger partial charge in [-0.2, -0.15) is 18.0 Å². The van der Waals surface area contributed by atoms with Crippen LogP contribution in [0.3, 0.4) is 0 Å². The van der Waals surface area contributed by atoms with Gasteiger partial charge in [0.05, 0.1) is 11.3 Å². The van der Waals surface area contributed by atoms with Crippen LogP contribution in [-0.2, 0) is 10.2 Å². The Kier molecular flexibility index (Phi) is 4.26. The Labute approximate surface area is 118 Å². The Hall–Kier alpha value is -1.65. The summed E-state index contributed by atoms with van der Waals surface area (Å²) < 4.78 is 41.6. The van der Waals surface area contributed by atoms with Crippen molar-refractivity contribution in [3.8, 4) is 6.07 Å². The predicted molar refractivity (Wildman–Crippen MR) is 73.7 cm³/mol. The number of nitrogens with zero attached hydrogens (tertiary/aromatic N) is 2. The summed E-state index contributed by atoms with van der Waals surface area (Å²) in [6.07, 6.45) is 2.67. The molecule has 0 aromatic heterocycles. The van der Waals surface area contributed by atoms with Crippen LogP contribution in [0.25, 0.3) is 0 Å². The number of hydrogen-bond donors (Lipinski definition) is 1. The molecule has 1 N–H and O–H groups in total. The first-order valence-corrected chi connectivity index (χ1v) is 7.87. The van der Waals surface area contributed by atoms with E-state index in [2.05, 4.69) is 4.72 Å². The molecule has 1 heterocycles. The molecule has 1 saturated heterocycles. The van der Waals surface area contributed by atoms with Gasteiger partial charge in [-0.05, 0) is 38.0 Å². The number of piperidine rings is 1. The van der Waals surface area contributed by atoms with Gasteiger partial charge in [0, 0.05) is 12.6 Å². The summed E-state index contributed by atoms with van der Waals surface area (Å²) in [7, 11) is -3.67. The van der Waals surface area contributed by atoms with Crippen LogP contribution in [0.2, 0.25) is 0 Å². The highest BCUT2D eigenvalue weighted by atomic mass is 32.2. The average Bonchev–Trinajstić information content (AvgIpc) is 2.41. The third kappa shape index (κ3) is 3.08. The highest BCUT2D eigenvalue weighted by molar-refractivity contribution is 7.90. The fourth-order valence-electron chi connectivity index (χ4n) is 2.31. The lowest BCUT2D eigenvalue weighted by molar-refractivity contribution is 0.270. The lowest BCUT2D eigenvalue weighted by Crippen LogP contribution is -2.44. The minimum absolute atomic E-state index is 0.0582. The first kappa shape index (κ1) is 14.8. The molecule has 0 radical (unpaired) electrons. The minimum atomic E-state index is -3.67. The second kappa shape index (κ2) is 5.77. The van der Waals surface area contributed by atoms with Gasteiger partial charge in [0.1, 0.15) is 11.9 Å². The largest absolute Gasteiger partial charge is 0.301 e. The van der Waals surface area contributed by atoms with Crippen LogP contribution in [0.15, 0.2) is 18.2 Å². The van der Waals surface area contributed by atoms with Crippen molar-refractivity contribution >= 4 is 15.9 Å². The normalized spacial score (nSPS) is 20.4. The molecule has 0 bridgehead atoms. The Bertz CT molecular complexity index is 640. The van der Waals surface area contributed by atoms with Gasteiger partial charge < -0.3 is 0 Å². The Balaban J connectivity index is 2.22. The number of nitrogens with one attached hydrogen (secondary N) is 1. The second-order valence-electron chi connectivity index (χ2n) is 4.87. The van der Waals surface area contributed by atoms with Crippen molar-refractivity contribution in [2.45, 2.75) is 32.2 Å². The molecule has 0 spiro atoms. The molecule has 1 aromatic carbocycles. The van der Waals surface area contributed by atoms with Crippen LogP contribution in [0.4, 0.5) is 10.1 Å². The molecular formula is C13H16FN3O2S. The van der Waals surface area contributed by atoms with Crippen molar-refractivity contribution in [3.63, 3.8) is 0 Å². The number of hydrogen-bond acceptors (Lipinski definition) is 3. The van der Waals surface area contributed by atoms with E-state index in [4.69, 9.17) is 5.26 Å². The smallest absolute Gasteiger partial charge is 0.271 e. The molecule has 20 heavy (non-hydrogen) atoms. The van der Waals surface area contributed by atoms with Gasteiger partial charge in [0.2, 0.25) is 0 Å². The highest BCUT2D eigenvalue weighted by Gasteiger charge is 2.29. The monoisotopic (exact) mass is 297 g/mol. The van der Waals surface area contributed by atoms with Crippen molar-refractivity contribution in [2.24, 2.45) is 0 Å². The SMILES string of the molecule is CC1CCCCN1S(=O)(=O)Nc1ccc(F)c(C#N)c1.